The van der Waals surface area contributed by atoms with E-state index in [-0.39, 0.29) is 0 Å². The number of benzene rings is 1. The van der Waals surface area contributed by atoms with Gasteiger partial charge in [0.2, 0.25) is 0 Å². The Morgan fingerprint density at radius 2 is 1.86 bits per heavy atom. The van der Waals surface area contributed by atoms with Crippen LogP contribution in [0.4, 0.5) is 0 Å². The molecule has 0 fully saturated rings. The maximum atomic E-state index is 5.81. The normalized spacial score (nSPS) is 14.0. The van der Waals surface area contributed by atoms with Crippen LogP contribution in [0.5, 0.6) is 11.5 Å². The summed E-state index contributed by atoms with van der Waals surface area (Å²) < 4.78 is 13.8. The van der Waals surface area contributed by atoms with Crippen LogP contribution < -0.4 is 15.2 Å². The molecule has 0 aliphatic carbocycles. The van der Waals surface area contributed by atoms with Gasteiger partial charge in [0.05, 0.1) is 13.2 Å². The van der Waals surface area contributed by atoms with Crippen molar-refractivity contribution < 1.29 is 9.47 Å². The molecule has 0 saturated carbocycles. The van der Waals surface area contributed by atoms with Crippen molar-refractivity contribution in [1.82, 2.24) is 4.57 Å². The second kappa shape index (κ2) is 6.44. The SMILES string of the molecule is Cc1cc(CCCN)c(C)n1-c1ccc2c(c1)OCCCO2. The Kier molecular flexibility index (Phi) is 4.39. The summed E-state index contributed by atoms with van der Waals surface area (Å²) in [4.78, 5) is 0. The Hall–Kier alpha value is -1.94. The molecule has 0 bridgehead atoms. The molecule has 0 atom stereocenters. The van der Waals surface area contributed by atoms with E-state index < -0.39 is 0 Å². The molecule has 0 radical (unpaired) electrons. The molecule has 22 heavy (non-hydrogen) atoms. The van der Waals surface area contributed by atoms with Gasteiger partial charge in [-0.1, -0.05) is 0 Å². The van der Waals surface area contributed by atoms with E-state index in [0.29, 0.717) is 6.61 Å². The first-order chi connectivity index (χ1) is 10.7. The summed E-state index contributed by atoms with van der Waals surface area (Å²) in [5.41, 5.74) is 10.6. The largest absolute Gasteiger partial charge is 0.490 e. The van der Waals surface area contributed by atoms with Crippen LogP contribution in [0.25, 0.3) is 5.69 Å². The van der Waals surface area contributed by atoms with Crippen LogP contribution in [0.15, 0.2) is 24.3 Å². The van der Waals surface area contributed by atoms with Crippen molar-refractivity contribution in [3.05, 3.63) is 41.2 Å². The van der Waals surface area contributed by atoms with Gasteiger partial charge in [-0.25, -0.2) is 0 Å². The maximum absolute atomic E-state index is 5.81. The van der Waals surface area contributed by atoms with Gasteiger partial charge in [-0.15, -0.1) is 0 Å². The molecule has 2 heterocycles. The molecule has 1 aliphatic rings. The predicted octanol–water partition coefficient (Wildman–Crippen LogP) is 3.15. The lowest BCUT2D eigenvalue weighted by Crippen LogP contribution is -2.03. The van der Waals surface area contributed by atoms with E-state index in [1.807, 2.05) is 6.07 Å². The highest BCUT2D eigenvalue weighted by Gasteiger charge is 2.15. The van der Waals surface area contributed by atoms with E-state index in [9.17, 15) is 0 Å². The molecule has 1 aromatic heterocycles. The fraction of sp³-hybridized carbons (Fsp3) is 0.444. The molecule has 118 valence electrons. The quantitative estimate of drug-likeness (QED) is 0.943. The summed E-state index contributed by atoms with van der Waals surface area (Å²) in [6.07, 6.45) is 2.97. The average Bonchev–Trinajstić information content (AvgIpc) is 2.69. The van der Waals surface area contributed by atoms with Crippen LogP contribution in [-0.4, -0.2) is 24.3 Å². The van der Waals surface area contributed by atoms with E-state index >= 15 is 0 Å². The first-order valence-electron chi connectivity index (χ1n) is 7.98. The van der Waals surface area contributed by atoms with Crippen molar-refractivity contribution >= 4 is 0 Å². The standard InChI is InChI=1S/C18H24N2O2/c1-13-11-15(5-3-8-19)14(2)20(13)16-6-7-17-18(12-16)22-10-4-9-21-17/h6-7,11-12H,3-5,8-10,19H2,1-2H3. The van der Waals surface area contributed by atoms with Crippen molar-refractivity contribution in [3.63, 3.8) is 0 Å². The summed E-state index contributed by atoms with van der Waals surface area (Å²) >= 11 is 0. The molecular weight excluding hydrogens is 276 g/mol. The van der Waals surface area contributed by atoms with Gasteiger partial charge >= 0.3 is 0 Å². The molecule has 0 unspecified atom stereocenters. The highest BCUT2D eigenvalue weighted by Crippen LogP contribution is 2.33. The molecule has 0 spiro atoms. The Morgan fingerprint density at radius 3 is 2.64 bits per heavy atom. The summed E-state index contributed by atoms with van der Waals surface area (Å²) in [6, 6.07) is 8.44. The van der Waals surface area contributed by atoms with Gasteiger partial charge in [0.25, 0.3) is 0 Å². The minimum atomic E-state index is 0.710. The van der Waals surface area contributed by atoms with Gasteiger partial charge in [-0.05, 0) is 57.0 Å². The molecule has 0 saturated heterocycles. The number of rotatable bonds is 4. The van der Waals surface area contributed by atoms with Crippen molar-refractivity contribution in [2.45, 2.75) is 33.1 Å². The van der Waals surface area contributed by atoms with Gasteiger partial charge in [-0.3, -0.25) is 0 Å². The summed E-state index contributed by atoms with van der Waals surface area (Å²) in [7, 11) is 0. The minimum Gasteiger partial charge on any atom is -0.490 e. The van der Waals surface area contributed by atoms with Gasteiger partial charge in [0.15, 0.2) is 11.5 Å². The van der Waals surface area contributed by atoms with E-state index in [0.717, 1.165) is 49.6 Å². The van der Waals surface area contributed by atoms with Gasteiger partial charge in [0, 0.05) is 29.6 Å². The van der Waals surface area contributed by atoms with Crippen molar-refractivity contribution in [2.75, 3.05) is 19.8 Å². The highest BCUT2D eigenvalue weighted by molar-refractivity contribution is 5.51. The fourth-order valence-electron chi connectivity index (χ4n) is 3.06. The molecular formula is C18H24N2O2. The number of ether oxygens (including phenoxy) is 2. The Balaban J connectivity index is 1.97. The topological polar surface area (TPSA) is 49.4 Å². The summed E-state index contributed by atoms with van der Waals surface area (Å²) in [6.45, 7) is 6.47. The monoisotopic (exact) mass is 300 g/mol. The second-order valence-electron chi connectivity index (χ2n) is 5.81. The van der Waals surface area contributed by atoms with E-state index in [1.165, 1.54) is 17.0 Å². The number of nitrogens with zero attached hydrogens (tertiary/aromatic N) is 1. The van der Waals surface area contributed by atoms with Gasteiger partial charge in [0.1, 0.15) is 0 Å². The fourth-order valence-corrected chi connectivity index (χ4v) is 3.06. The molecule has 2 aromatic rings. The second-order valence-corrected chi connectivity index (χ2v) is 5.81. The number of aryl methyl sites for hydroxylation is 2. The van der Waals surface area contributed by atoms with Crippen molar-refractivity contribution in [2.24, 2.45) is 5.73 Å². The third-order valence-electron chi connectivity index (χ3n) is 4.18. The van der Waals surface area contributed by atoms with Crippen LogP contribution in [0.3, 0.4) is 0 Å². The van der Waals surface area contributed by atoms with Crippen LogP contribution in [0, 0.1) is 13.8 Å². The number of nitrogens with two attached hydrogens (primary N) is 1. The highest BCUT2D eigenvalue weighted by atomic mass is 16.5. The van der Waals surface area contributed by atoms with Crippen molar-refractivity contribution in [1.29, 1.82) is 0 Å². The maximum Gasteiger partial charge on any atom is 0.163 e. The Labute approximate surface area is 131 Å². The lowest BCUT2D eigenvalue weighted by Gasteiger charge is -2.13. The molecule has 3 rings (SSSR count). The smallest absolute Gasteiger partial charge is 0.163 e. The van der Waals surface area contributed by atoms with Crippen LogP contribution in [0.2, 0.25) is 0 Å². The van der Waals surface area contributed by atoms with E-state index in [4.69, 9.17) is 15.2 Å². The zero-order valence-corrected chi connectivity index (χ0v) is 13.4. The average molecular weight is 300 g/mol. The first kappa shape index (κ1) is 15.0. The van der Waals surface area contributed by atoms with Gasteiger partial charge < -0.3 is 19.8 Å². The lowest BCUT2D eigenvalue weighted by molar-refractivity contribution is 0.297. The number of aromatic nitrogens is 1. The molecule has 1 aromatic carbocycles. The van der Waals surface area contributed by atoms with Crippen LogP contribution in [0.1, 0.15) is 29.8 Å². The van der Waals surface area contributed by atoms with E-state index in [1.54, 1.807) is 0 Å². The molecule has 1 aliphatic heterocycles. The van der Waals surface area contributed by atoms with Gasteiger partial charge in [-0.2, -0.15) is 0 Å². The third kappa shape index (κ3) is 2.83. The molecule has 0 amide bonds. The molecule has 2 N–H and O–H groups in total. The number of fused-ring (bicyclic) bond motifs is 1. The summed E-state index contributed by atoms with van der Waals surface area (Å²) in [5.74, 6) is 1.68. The predicted molar refractivity (Wildman–Crippen MR) is 88.2 cm³/mol. The lowest BCUT2D eigenvalue weighted by atomic mass is 10.1. The van der Waals surface area contributed by atoms with Crippen LogP contribution in [-0.2, 0) is 6.42 Å². The Morgan fingerprint density at radius 1 is 1.09 bits per heavy atom. The minimum absolute atomic E-state index is 0.710. The molecule has 4 heteroatoms. The zero-order valence-electron chi connectivity index (χ0n) is 13.4. The van der Waals surface area contributed by atoms with E-state index in [2.05, 4.69) is 36.6 Å². The number of hydrogen-bond donors (Lipinski definition) is 1. The Bertz CT molecular complexity index is 661. The third-order valence-corrected chi connectivity index (χ3v) is 4.18. The van der Waals surface area contributed by atoms with Crippen molar-refractivity contribution in [3.8, 4) is 17.2 Å². The summed E-state index contributed by atoms with van der Waals surface area (Å²) in [5, 5.41) is 0. The first-order valence-corrected chi connectivity index (χ1v) is 7.98. The van der Waals surface area contributed by atoms with Crippen LogP contribution >= 0.6 is 0 Å². The molecule has 4 nitrogen and oxygen atoms in total. The zero-order chi connectivity index (χ0) is 15.5. The number of hydrogen-bond acceptors (Lipinski definition) is 3.